The van der Waals surface area contributed by atoms with Gasteiger partial charge in [0.15, 0.2) is 0 Å². The zero-order chi connectivity index (χ0) is 19.2. The predicted molar refractivity (Wildman–Crippen MR) is 118 cm³/mol. The first-order valence-corrected chi connectivity index (χ1v) is 9.22. The second-order valence-corrected chi connectivity index (χ2v) is 8.64. The SMILES string of the molecule is COc1c(NC(=O)C(C)(C)C)cccc1C(CNC(=S)S)NC(=S)S. The van der Waals surface area contributed by atoms with E-state index in [1.807, 2.05) is 32.9 Å². The van der Waals surface area contributed by atoms with Gasteiger partial charge in [-0.1, -0.05) is 57.3 Å². The van der Waals surface area contributed by atoms with Crippen LogP contribution in [-0.4, -0.2) is 28.2 Å². The molecule has 1 unspecified atom stereocenters. The summed E-state index contributed by atoms with van der Waals surface area (Å²) in [5.41, 5.74) is 0.874. The lowest BCUT2D eigenvalue weighted by atomic mass is 9.95. The normalized spacial score (nSPS) is 12.1. The van der Waals surface area contributed by atoms with E-state index in [0.717, 1.165) is 5.56 Å². The Morgan fingerprint density at radius 2 is 1.88 bits per heavy atom. The van der Waals surface area contributed by atoms with E-state index < -0.39 is 5.41 Å². The number of carbonyl (C=O) groups excluding carboxylic acids is 1. The Morgan fingerprint density at radius 3 is 2.36 bits per heavy atom. The Morgan fingerprint density at radius 1 is 1.24 bits per heavy atom. The van der Waals surface area contributed by atoms with Crippen molar-refractivity contribution < 1.29 is 9.53 Å². The second-order valence-electron chi connectivity index (χ2n) is 6.32. The van der Waals surface area contributed by atoms with Gasteiger partial charge in [0.25, 0.3) is 0 Å². The fourth-order valence-electron chi connectivity index (χ4n) is 2.04. The van der Waals surface area contributed by atoms with Crippen molar-refractivity contribution in [3.63, 3.8) is 0 Å². The van der Waals surface area contributed by atoms with Crippen molar-refractivity contribution in [3.8, 4) is 5.75 Å². The molecule has 0 aromatic heterocycles. The van der Waals surface area contributed by atoms with Gasteiger partial charge in [0.2, 0.25) is 5.91 Å². The number of rotatable bonds is 6. The van der Waals surface area contributed by atoms with Gasteiger partial charge in [0, 0.05) is 17.5 Å². The number of methoxy groups -OCH3 is 1. The number of anilines is 1. The second kappa shape index (κ2) is 9.61. The maximum absolute atomic E-state index is 12.3. The van der Waals surface area contributed by atoms with E-state index in [4.69, 9.17) is 29.2 Å². The summed E-state index contributed by atoms with van der Waals surface area (Å²) in [5.74, 6) is 0.445. The number of ether oxygens (including phenoxy) is 1. The molecule has 0 aliphatic rings. The zero-order valence-electron chi connectivity index (χ0n) is 14.5. The van der Waals surface area contributed by atoms with Crippen LogP contribution >= 0.6 is 49.7 Å². The summed E-state index contributed by atoms with van der Waals surface area (Å²) in [6.07, 6.45) is 0. The molecule has 1 aromatic carbocycles. The van der Waals surface area contributed by atoms with Crippen LogP contribution in [0, 0.1) is 5.41 Å². The fourth-order valence-corrected chi connectivity index (χ4v) is 2.52. The van der Waals surface area contributed by atoms with Gasteiger partial charge in [0.05, 0.1) is 18.8 Å². The van der Waals surface area contributed by atoms with Crippen molar-refractivity contribution in [2.75, 3.05) is 19.0 Å². The minimum Gasteiger partial charge on any atom is -0.494 e. The Kier molecular flexibility index (Phi) is 8.46. The average Bonchev–Trinajstić information content (AvgIpc) is 2.49. The van der Waals surface area contributed by atoms with Crippen molar-refractivity contribution in [2.24, 2.45) is 5.41 Å². The maximum Gasteiger partial charge on any atom is 0.229 e. The maximum atomic E-state index is 12.3. The van der Waals surface area contributed by atoms with E-state index in [9.17, 15) is 4.79 Å². The van der Waals surface area contributed by atoms with Crippen LogP contribution in [0.25, 0.3) is 0 Å². The molecule has 0 bridgehead atoms. The van der Waals surface area contributed by atoms with E-state index in [-0.39, 0.29) is 11.9 Å². The first-order chi connectivity index (χ1) is 11.6. The molecule has 0 aliphatic carbocycles. The molecule has 1 atom stereocenters. The van der Waals surface area contributed by atoms with Gasteiger partial charge >= 0.3 is 0 Å². The lowest BCUT2D eigenvalue weighted by Gasteiger charge is -2.24. The molecule has 0 radical (unpaired) electrons. The van der Waals surface area contributed by atoms with Crippen molar-refractivity contribution in [1.29, 1.82) is 0 Å². The van der Waals surface area contributed by atoms with Gasteiger partial charge in [-0.15, -0.1) is 25.3 Å². The fraction of sp³-hybridized carbons (Fsp3) is 0.438. The van der Waals surface area contributed by atoms with E-state index >= 15 is 0 Å². The van der Waals surface area contributed by atoms with E-state index in [1.165, 1.54) is 0 Å². The van der Waals surface area contributed by atoms with Crippen LogP contribution in [0.15, 0.2) is 18.2 Å². The van der Waals surface area contributed by atoms with E-state index in [0.29, 0.717) is 26.6 Å². The minimum absolute atomic E-state index is 0.105. The highest BCUT2D eigenvalue weighted by atomic mass is 32.1. The quantitative estimate of drug-likeness (QED) is 0.362. The Bertz CT molecular complexity index is 659. The molecule has 138 valence electrons. The monoisotopic (exact) mass is 417 g/mol. The highest BCUT2D eigenvalue weighted by Gasteiger charge is 2.24. The molecule has 0 fully saturated rings. The number of hydrogen-bond donors (Lipinski definition) is 5. The standard InChI is InChI=1S/C16H23N3O2S4/c1-16(2,3)13(20)18-10-7-5-6-9(12(10)21-4)11(19-15(24)25)8-17-14(22)23/h5-7,11H,8H2,1-4H3,(H,18,20)(H2,17,22,23)(H2,19,24,25). The number of carbonyl (C=O) groups is 1. The molecule has 0 saturated heterocycles. The number of thiol groups is 2. The summed E-state index contributed by atoms with van der Waals surface area (Å²) >= 11 is 18.2. The molecule has 9 heteroatoms. The number of amides is 1. The van der Waals surface area contributed by atoms with Crippen molar-refractivity contribution in [3.05, 3.63) is 23.8 Å². The van der Waals surface area contributed by atoms with Crippen molar-refractivity contribution >= 4 is 69.9 Å². The van der Waals surface area contributed by atoms with E-state index in [1.54, 1.807) is 13.2 Å². The van der Waals surface area contributed by atoms with Crippen LogP contribution in [0.2, 0.25) is 0 Å². The van der Waals surface area contributed by atoms with Gasteiger partial charge in [-0.25, -0.2) is 0 Å². The molecular weight excluding hydrogens is 394 g/mol. The van der Waals surface area contributed by atoms with E-state index in [2.05, 4.69) is 41.2 Å². The number of nitrogens with one attached hydrogen (secondary N) is 3. The average molecular weight is 418 g/mol. The van der Waals surface area contributed by atoms with Crippen LogP contribution in [0.5, 0.6) is 5.75 Å². The molecule has 1 amide bonds. The summed E-state index contributed by atoms with van der Waals surface area (Å²) in [4.78, 5) is 12.3. The lowest BCUT2D eigenvalue weighted by Crippen LogP contribution is -2.34. The topological polar surface area (TPSA) is 62.4 Å². The van der Waals surface area contributed by atoms with Gasteiger partial charge in [-0.2, -0.15) is 0 Å². The number of hydrogen-bond acceptors (Lipinski definition) is 4. The van der Waals surface area contributed by atoms with Crippen LogP contribution in [0.1, 0.15) is 32.4 Å². The number of thiocarbonyl (C=S) groups is 2. The molecule has 5 nitrogen and oxygen atoms in total. The molecule has 0 spiro atoms. The van der Waals surface area contributed by atoms with Crippen molar-refractivity contribution in [2.45, 2.75) is 26.8 Å². The van der Waals surface area contributed by atoms with Gasteiger partial charge in [0.1, 0.15) is 14.4 Å². The van der Waals surface area contributed by atoms with Gasteiger partial charge < -0.3 is 20.7 Å². The largest absolute Gasteiger partial charge is 0.494 e. The minimum atomic E-state index is -0.523. The molecule has 0 saturated carbocycles. The zero-order valence-corrected chi connectivity index (χ0v) is 18.0. The van der Waals surface area contributed by atoms with Gasteiger partial charge in [-0.05, 0) is 6.07 Å². The lowest BCUT2D eigenvalue weighted by molar-refractivity contribution is -0.123. The third kappa shape index (κ3) is 7.01. The number of para-hydroxylation sites is 1. The molecule has 1 aromatic rings. The Balaban J connectivity index is 3.22. The number of benzene rings is 1. The summed E-state index contributed by atoms with van der Waals surface area (Å²) in [6, 6.07) is 5.25. The first kappa shape index (κ1) is 22.0. The van der Waals surface area contributed by atoms with Crippen LogP contribution in [-0.2, 0) is 4.79 Å². The molecule has 25 heavy (non-hydrogen) atoms. The molecule has 1 rings (SSSR count). The third-order valence-electron chi connectivity index (χ3n) is 3.31. The smallest absolute Gasteiger partial charge is 0.229 e. The predicted octanol–water partition coefficient (Wildman–Crippen LogP) is 3.33. The molecule has 0 heterocycles. The molecular formula is C16H23N3O2S4. The summed E-state index contributed by atoms with van der Waals surface area (Å²) in [7, 11) is 1.55. The summed E-state index contributed by atoms with van der Waals surface area (Å²) in [6.45, 7) is 5.97. The summed E-state index contributed by atoms with van der Waals surface area (Å²) < 4.78 is 6.26. The highest BCUT2D eigenvalue weighted by molar-refractivity contribution is 8.11. The Labute approximate surface area is 170 Å². The molecule has 0 aliphatic heterocycles. The van der Waals surface area contributed by atoms with Crippen molar-refractivity contribution in [1.82, 2.24) is 10.6 Å². The first-order valence-electron chi connectivity index (χ1n) is 7.51. The Hall–Kier alpha value is -1.03. The summed E-state index contributed by atoms with van der Waals surface area (Å²) in [5, 5.41) is 8.98. The third-order valence-corrected chi connectivity index (χ3v) is 3.86. The highest BCUT2D eigenvalue weighted by Crippen LogP contribution is 2.34. The van der Waals surface area contributed by atoms with Crippen LogP contribution in [0.4, 0.5) is 5.69 Å². The molecule has 3 N–H and O–H groups in total. The van der Waals surface area contributed by atoms with Crippen LogP contribution in [0.3, 0.4) is 0 Å². The van der Waals surface area contributed by atoms with Gasteiger partial charge in [-0.3, -0.25) is 4.79 Å². The van der Waals surface area contributed by atoms with Crippen LogP contribution < -0.4 is 20.7 Å².